The number of nitro benzene ring substituents is 1. The minimum atomic E-state index is -4.32. The first kappa shape index (κ1) is 30.5. The molecule has 10 nitrogen and oxygen atoms in total. The molecule has 4 aromatic carbocycles. The normalized spacial score (nSPS) is 15.9. The van der Waals surface area contributed by atoms with Gasteiger partial charge < -0.3 is 10.6 Å². The Hall–Kier alpha value is -4.48. The lowest BCUT2D eigenvalue weighted by Gasteiger charge is -2.28. The molecule has 2 N–H and O–H groups in total. The Morgan fingerprint density at radius 3 is 2.26 bits per heavy atom. The van der Waals surface area contributed by atoms with Crippen molar-refractivity contribution in [3.63, 3.8) is 0 Å². The first-order valence-corrected chi connectivity index (χ1v) is 14.4. The molecule has 4 aromatic rings. The topological polar surface area (TPSA) is 144 Å². The number of halogens is 1. The molecule has 1 unspecified atom stereocenters. The van der Waals surface area contributed by atoms with Crippen LogP contribution >= 0.6 is 12.4 Å². The van der Waals surface area contributed by atoms with Crippen LogP contribution in [0.15, 0.2) is 89.8 Å². The van der Waals surface area contributed by atoms with Crippen LogP contribution in [0.5, 0.6) is 0 Å². The smallest absolute Gasteiger partial charge is 0.269 e. The number of amides is 2. The fourth-order valence-electron chi connectivity index (χ4n) is 5.22. The zero-order valence-corrected chi connectivity index (χ0v) is 24.5. The van der Waals surface area contributed by atoms with Gasteiger partial charge in [-0.2, -0.15) is 0 Å². The molecule has 2 amide bonds. The van der Waals surface area contributed by atoms with E-state index in [9.17, 15) is 28.1 Å². The van der Waals surface area contributed by atoms with Gasteiger partial charge in [0.05, 0.1) is 33.7 Å². The van der Waals surface area contributed by atoms with Crippen LogP contribution in [-0.2, 0) is 26.2 Å². The number of primary amides is 1. The number of nitrogens with two attached hydrogens (primary N) is 1. The van der Waals surface area contributed by atoms with Crippen molar-refractivity contribution in [2.24, 2.45) is 17.6 Å². The Labute approximate surface area is 249 Å². The highest BCUT2D eigenvalue weighted by molar-refractivity contribution is 7.92. The molecule has 0 saturated heterocycles. The average molecular weight is 609 g/mol. The quantitative estimate of drug-likeness (QED) is 0.232. The van der Waals surface area contributed by atoms with Crippen molar-refractivity contribution in [1.82, 2.24) is 0 Å². The van der Waals surface area contributed by atoms with Crippen LogP contribution in [0.3, 0.4) is 0 Å². The van der Waals surface area contributed by atoms with Crippen molar-refractivity contribution in [2.75, 3.05) is 15.7 Å². The average Bonchev–Trinajstić information content (AvgIpc) is 3.08. The number of carbonyl (C=O) groups excluding carboxylic acids is 2. The molecule has 0 radical (unpaired) electrons. The molecule has 0 bridgehead atoms. The summed E-state index contributed by atoms with van der Waals surface area (Å²) in [7, 11) is -4.32. The zero-order chi connectivity index (χ0) is 29.5. The Bertz CT molecular complexity index is 1800. The lowest BCUT2D eigenvalue weighted by Crippen LogP contribution is -2.45. The van der Waals surface area contributed by atoms with Crippen LogP contribution in [0, 0.1) is 28.9 Å². The Kier molecular flexibility index (Phi) is 8.55. The molecule has 1 heterocycles. The summed E-state index contributed by atoms with van der Waals surface area (Å²) in [4.78, 5) is 38.5. The standard InChI is InChI=1S/C30H28N4O6S.ClH/c1-19-11-12-21-7-3-4-8-24(21)25(19)17-32-27-9-5-6-10-28(27)33(18-26(30(32)36)20(2)29(31)35)41(39,40)23-15-13-22(14-16-23)34(37)38;/h3-16,20,26H,17-18H2,1-2H3,(H2,31,35);1H/t20?,26-;/m1./s1. The molecule has 1 aliphatic rings. The van der Waals surface area contributed by atoms with Gasteiger partial charge in [0.25, 0.3) is 15.7 Å². The van der Waals surface area contributed by atoms with Crippen LogP contribution in [0.4, 0.5) is 17.1 Å². The van der Waals surface area contributed by atoms with Gasteiger partial charge >= 0.3 is 0 Å². The van der Waals surface area contributed by atoms with Crippen molar-refractivity contribution in [3.05, 3.63) is 106 Å². The summed E-state index contributed by atoms with van der Waals surface area (Å²) in [5, 5.41) is 13.1. The van der Waals surface area contributed by atoms with Crippen LogP contribution in [-0.4, -0.2) is 31.7 Å². The number of sulfonamides is 1. The number of nitrogens with zero attached hydrogens (tertiary/aromatic N) is 3. The minimum absolute atomic E-state index is 0. The Balaban J connectivity index is 0.00000405. The van der Waals surface area contributed by atoms with E-state index in [4.69, 9.17) is 5.73 Å². The molecule has 5 rings (SSSR count). The van der Waals surface area contributed by atoms with E-state index in [1.54, 1.807) is 24.3 Å². The lowest BCUT2D eigenvalue weighted by molar-refractivity contribution is -0.384. The van der Waals surface area contributed by atoms with Gasteiger partial charge in [-0.1, -0.05) is 55.5 Å². The summed E-state index contributed by atoms with van der Waals surface area (Å²) in [6.45, 7) is 3.25. The minimum Gasteiger partial charge on any atom is -0.369 e. The first-order chi connectivity index (χ1) is 19.5. The number of aryl methyl sites for hydroxylation is 1. The van der Waals surface area contributed by atoms with Crippen molar-refractivity contribution >= 4 is 62.1 Å². The third-order valence-electron chi connectivity index (χ3n) is 7.67. The second-order valence-corrected chi connectivity index (χ2v) is 11.9. The molecule has 0 saturated carbocycles. The maximum Gasteiger partial charge on any atom is 0.269 e. The molecular weight excluding hydrogens is 580 g/mol. The monoisotopic (exact) mass is 608 g/mol. The Morgan fingerprint density at radius 2 is 1.62 bits per heavy atom. The second-order valence-electron chi connectivity index (χ2n) is 10.1. The van der Waals surface area contributed by atoms with E-state index in [0.717, 1.165) is 50.5 Å². The van der Waals surface area contributed by atoms with E-state index in [2.05, 4.69) is 0 Å². The SMILES string of the molecule is Cc1ccc2ccccc2c1CN1C(=O)[C@@H](C(C)C(N)=O)CN(S(=O)(=O)c2ccc([N+](=O)[O-])cc2)c2ccccc21.Cl. The number of benzene rings is 4. The van der Waals surface area contributed by atoms with Gasteiger partial charge in [-0.3, -0.25) is 24.0 Å². The number of rotatable bonds is 7. The van der Waals surface area contributed by atoms with Crippen molar-refractivity contribution in [3.8, 4) is 0 Å². The van der Waals surface area contributed by atoms with E-state index in [0.29, 0.717) is 5.69 Å². The maximum atomic E-state index is 14.3. The van der Waals surface area contributed by atoms with Gasteiger partial charge in [-0.15, -0.1) is 12.4 Å². The number of para-hydroxylation sites is 2. The van der Waals surface area contributed by atoms with Gasteiger partial charge in [-0.05, 0) is 53.1 Å². The fraction of sp³-hybridized carbons (Fsp3) is 0.200. The molecule has 0 fully saturated rings. The number of fused-ring (bicyclic) bond motifs is 2. The van der Waals surface area contributed by atoms with E-state index < -0.39 is 38.6 Å². The van der Waals surface area contributed by atoms with Crippen molar-refractivity contribution in [2.45, 2.75) is 25.3 Å². The number of nitro groups is 1. The summed E-state index contributed by atoms with van der Waals surface area (Å²) in [5.41, 5.74) is 7.84. The number of anilines is 2. The third kappa shape index (κ3) is 5.40. The molecule has 1 aliphatic heterocycles. The Morgan fingerprint density at radius 1 is 1.00 bits per heavy atom. The molecule has 42 heavy (non-hydrogen) atoms. The highest BCUT2D eigenvalue weighted by Gasteiger charge is 2.42. The van der Waals surface area contributed by atoms with Crippen LogP contribution in [0.2, 0.25) is 0 Å². The highest BCUT2D eigenvalue weighted by Crippen LogP contribution is 2.40. The molecule has 0 spiro atoms. The third-order valence-corrected chi connectivity index (χ3v) is 9.46. The molecule has 2 atom stereocenters. The summed E-state index contributed by atoms with van der Waals surface area (Å²) in [6.07, 6.45) is 0. The van der Waals surface area contributed by atoms with E-state index in [1.807, 2.05) is 43.3 Å². The van der Waals surface area contributed by atoms with Gasteiger partial charge in [0.2, 0.25) is 11.8 Å². The van der Waals surface area contributed by atoms with E-state index in [-0.39, 0.29) is 41.8 Å². The number of hydrogen-bond acceptors (Lipinski definition) is 6. The summed E-state index contributed by atoms with van der Waals surface area (Å²) in [5.74, 6) is -3.24. The first-order valence-electron chi connectivity index (χ1n) is 12.9. The van der Waals surface area contributed by atoms with Crippen LogP contribution < -0.4 is 14.9 Å². The van der Waals surface area contributed by atoms with Gasteiger partial charge in [0.1, 0.15) is 0 Å². The van der Waals surface area contributed by atoms with Crippen LogP contribution in [0.1, 0.15) is 18.1 Å². The molecule has 12 heteroatoms. The molecule has 0 aromatic heterocycles. The second kappa shape index (κ2) is 11.8. The predicted molar refractivity (Wildman–Crippen MR) is 163 cm³/mol. The maximum absolute atomic E-state index is 14.3. The van der Waals surface area contributed by atoms with Crippen LogP contribution in [0.25, 0.3) is 10.8 Å². The fourth-order valence-corrected chi connectivity index (χ4v) is 6.72. The van der Waals surface area contributed by atoms with Gasteiger partial charge in [-0.25, -0.2) is 8.42 Å². The predicted octanol–water partition coefficient (Wildman–Crippen LogP) is 4.96. The lowest BCUT2D eigenvalue weighted by atomic mass is 9.91. The van der Waals surface area contributed by atoms with Crippen molar-refractivity contribution in [1.29, 1.82) is 0 Å². The summed E-state index contributed by atoms with van der Waals surface area (Å²) in [6, 6.07) is 23.0. The summed E-state index contributed by atoms with van der Waals surface area (Å²) < 4.78 is 29.2. The summed E-state index contributed by atoms with van der Waals surface area (Å²) >= 11 is 0. The molecular formula is C30H29ClN4O6S. The van der Waals surface area contributed by atoms with Gasteiger partial charge in [0, 0.05) is 24.6 Å². The van der Waals surface area contributed by atoms with Gasteiger partial charge in [0.15, 0.2) is 0 Å². The van der Waals surface area contributed by atoms with E-state index in [1.165, 1.54) is 11.8 Å². The number of hydrogen-bond donors (Lipinski definition) is 1. The van der Waals surface area contributed by atoms with E-state index >= 15 is 0 Å². The number of carbonyl (C=O) groups is 2. The van der Waals surface area contributed by atoms with Crippen molar-refractivity contribution < 1.29 is 22.9 Å². The number of non-ortho nitro benzene ring substituents is 1. The molecule has 218 valence electrons. The highest BCUT2D eigenvalue weighted by atomic mass is 35.5. The molecule has 0 aliphatic carbocycles. The largest absolute Gasteiger partial charge is 0.369 e. The zero-order valence-electron chi connectivity index (χ0n) is 22.8.